The summed E-state index contributed by atoms with van der Waals surface area (Å²) in [6, 6.07) is 46.5. The van der Waals surface area contributed by atoms with Crippen LogP contribution in [0.25, 0.3) is 223 Å². The van der Waals surface area contributed by atoms with Gasteiger partial charge in [-0.2, -0.15) is 20.4 Å². The van der Waals surface area contributed by atoms with Crippen molar-refractivity contribution < 1.29 is 23.6 Å². The molecule has 0 aliphatic rings. The van der Waals surface area contributed by atoms with Crippen LogP contribution in [-0.4, -0.2) is 164 Å². The minimum Gasteiger partial charge on any atom is -0.335 e. The Hall–Kier alpha value is -18.7. The monoisotopic (exact) mass is 2000 g/mol. The number of pyridine rings is 12. The van der Waals surface area contributed by atoms with E-state index in [1.165, 1.54) is 12.1 Å². The number of carbonyl (C=O) groups is 4. The summed E-state index contributed by atoms with van der Waals surface area (Å²) in [5.41, 5.74) is 27.3. The van der Waals surface area contributed by atoms with Gasteiger partial charge in [0.15, 0.2) is 45.9 Å². The molecule has 20 aromatic heterocycles. The van der Waals surface area contributed by atoms with Crippen molar-refractivity contribution in [1.29, 1.82) is 0 Å². The van der Waals surface area contributed by atoms with Crippen LogP contribution in [0.5, 0.6) is 0 Å². The number of hydrogen-bond donors (Lipinski definition) is 11. The van der Waals surface area contributed by atoms with Crippen molar-refractivity contribution in [2.75, 3.05) is 16.0 Å². The number of Topliss-reactive ketones (excluding diaryl/α,β-unsaturated/α-hetero) is 1. The van der Waals surface area contributed by atoms with Crippen molar-refractivity contribution in [2.45, 2.75) is 67.2 Å². The number of aromatic nitrogens is 28. The van der Waals surface area contributed by atoms with Gasteiger partial charge >= 0.3 is 0 Å². The van der Waals surface area contributed by atoms with Gasteiger partial charge in [0.1, 0.15) is 34.4 Å². The lowest BCUT2D eigenvalue weighted by atomic mass is 10.1. The molecule has 4 aromatic carbocycles. The van der Waals surface area contributed by atoms with Crippen LogP contribution in [0.4, 0.5) is 21.5 Å². The summed E-state index contributed by atoms with van der Waals surface area (Å²) in [5.74, 6) is 2.19. The van der Waals surface area contributed by atoms with Crippen LogP contribution >= 0.6 is 34.8 Å². The molecule has 0 saturated carbocycles. The van der Waals surface area contributed by atoms with Crippen LogP contribution in [0.2, 0.25) is 15.1 Å². The third-order valence-corrected chi connectivity index (χ3v) is 24.8. The molecule has 3 amide bonds. The van der Waals surface area contributed by atoms with E-state index >= 15 is 0 Å². The molecular weight excluding hydrogens is 1920 g/mol. The molecule has 0 atom stereocenters. The first-order chi connectivity index (χ1) is 71.6. The first-order valence-electron chi connectivity index (χ1n) is 46.6. The number of benzene rings is 4. The van der Waals surface area contributed by atoms with E-state index in [2.05, 4.69) is 136 Å². The van der Waals surface area contributed by atoms with Crippen molar-refractivity contribution in [2.24, 2.45) is 11.8 Å². The van der Waals surface area contributed by atoms with Crippen LogP contribution < -0.4 is 16.0 Å². The number of carbonyl (C=O) groups excluding carboxylic acids is 4. The van der Waals surface area contributed by atoms with Crippen LogP contribution in [-0.2, 0) is 25.6 Å². The fraction of sp³-hybridized carbons (Fsp3) is 0.111. The summed E-state index contributed by atoms with van der Waals surface area (Å²) in [6.45, 7) is 11.3. The predicted octanol–water partition coefficient (Wildman–Crippen LogP) is 23.0. The number of nitrogens with one attached hydrogen (secondary N) is 11. The Kier molecular flexibility index (Phi) is 26.4. The number of imidazole rings is 4. The minimum absolute atomic E-state index is 0.0540. The Labute approximate surface area is 848 Å². The molecule has 24 rings (SSSR count). The number of halogens is 4. The highest BCUT2D eigenvalue weighted by Crippen LogP contribution is 2.41. The SMILES string of the molecule is CC(C)C(=O)Nc1cncc(-c2cnc3n[nH]c(-c4nc5c(-c6cccc(Cl)c6)cncc5[nH]4)c3c2)c1.CC(C)CC(=O)Nc1cncc(-c2cnc3n[nH]c(-c4nc5c(-c6cccc(F)c6)cncc5[nH]4)c3c2)c1.CCC(=O)Cc1ccc(-c2cnc3n[nH]c(-c4nc5c(-c6cccc(Cl)c6)cncc5[nH]4)c3c2)cn1.CCC(=O)Nc1cncc(-c2cnc3n[nH]c(-c4nc5c(-c6cccc(Cl)c6)cncc5[nH]4)c3c2)c1. The third-order valence-electron chi connectivity index (χ3n) is 24.1. The van der Waals surface area contributed by atoms with E-state index in [0.29, 0.717) is 137 Å². The number of rotatable bonds is 22. The van der Waals surface area contributed by atoms with Crippen LogP contribution in [0.3, 0.4) is 0 Å². The number of ketones is 1. The smallest absolute Gasteiger partial charge is 0.226 e. The molecule has 24 aromatic rings. The maximum absolute atomic E-state index is 13.9. The standard InChI is InChI=1S/C28H23FN8O.C27H21ClN8O.C27H20ClN7O.C26H19ClN8O/c1-15(2)6-24(38)33-20-8-17(10-30-12-20)18-9-21-26(36-37-27(21)32-11-18)28-34-23-14-31-13-22(25(23)35-28)16-4-3-5-19(29)7-16;1-14(2)27(37)32-19-7-16(9-29-11-19)17-8-20-24(35-36-25(20)31-10-17)26-33-22-13-30-12-21(23(22)34-26)15-4-3-5-18(28)6-15;1-2-20(36)10-19-7-6-16(11-30-19)17-9-21-25(34-35-26(21)31-12-17)27-32-23-14-29-13-22(24(23)33-27)15-4-3-5-18(28)8-15;1-2-22(36)31-18-7-15(9-28-11-18)16-8-19-24(34-35-25(19)30-10-16)26-32-21-13-29-12-20(23(21)33-26)14-4-3-5-17(27)6-14/h3-5,7-15H,6H2,1-2H3,(H,33,38)(H,34,35)(H,32,36,37);3-14H,1-2H3,(H,32,37)(H,33,34)(H,31,35,36);3-9,11-14H,2,10H2,1H3,(H,32,33)(H,31,34,35);3-13H,2H2,1H3,(H,31,36)(H,32,33)(H,30,34,35). The van der Waals surface area contributed by atoms with Crippen molar-refractivity contribution in [1.82, 2.24) is 140 Å². The zero-order valence-corrected chi connectivity index (χ0v) is 81.2. The number of hydrogen-bond acceptors (Lipinski definition) is 24. The Balaban J connectivity index is 0.000000115. The zero-order valence-electron chi connectivity index (χ0n) is 79.0. The highest BCUT2D eigenvalue weighted by molar-refractivity contribution is 6.31. The van der Waals surface area contributed by atoms with Crippen LogP contribution in [0.15, 0.2) is 269 Å². The normalized spacial score (nSPS) is 11.4. The molecule has 0 saturated heterocycles. The summed E-state index contributed by atoms with van der Waals surface area (Å²) in [5, 5.41) is 43.4. The quantitative estimate of drug-likeness (QED) is 0.0300. The molecule has 35 nitrogen and oxygen atoms in total. The maximum atomic E-state index is 13.9. The second-order valence-electron chi connectivity index (χ2n) is 35.2. The maximum Gasteiger partial charge on any atom is 0.226 e. The Bertz CT molecular complexity index is 9180. The topological polar surface area (TPSA) is 488 Å². The van der Waals surface area contributed by atoms with Crippen LogP contribution in [0.1, 0.15) is 66.5 Å². The second kappa shape index (κ2) is 41.1. The van der Waals surface area contributed by atoms with Crippen molar-refractivity contribution in [3.8, 4) is 135 Å². The van der Waals surface area contributed by atoms with Gasteiger partial charge in [-0.25, -0.2) is 44.3 Å². The number of H-pyrrole nitrogens is 8. The predicted molar refractivity (Wildman–Crippen MR) is 566 cm³/mol. The molecule has 0 bridgehead atoms. The van der Waals surface area contributed by atoms with E-state index in [-0.39, 0.29) is 41.2 Å². The van der Waals surface area contributed by atoms with E-state index in [1.54, 1.807) is 131 Å². The fourth-order valence-corrected chi connectivity index (χ4v) is 17.3. The van der Waals surface area contributed by atoms with E-state index in [9.17, 15) is 23.6 Å². The Morgan fingerprint density at radius 1 is 0.327 bits per heavy atom. The molecule has 20 heterocycles. The summed E-state index contributed by atoms with van der Waals surface area (Å²) < 4.78 is 13.9. The first kappa shape index (κ1) is 94.6. The van der Waals surface area contributed by atoms with Gasteiger partial charge in [-0.1, -0.05) is 131 Å². The highest BCUT2D eigenvalue weighted by atomic mass is 35.5. The van der Waals surface area contributed by atoms with Gasteiger partial charge in [0.05, 0.1) is 126 Å². The van der Waals surface area contributed by atoms with Gasteiger partial charge in [-0.15, -0.1) is 0 Å². The van der Waals surface area contributed by atoms with Crippen molar-refractivity contribution in [3.63, 3.8) is 0 Å². The van der Waals surface area contributed by atoms with Crippen LogP contribution in [0, 0.1) is 17.7 Å². The molecule has 0 unspecified atom stereocenters. The molecule has 147 heavy (non-hydrogen) atoms. The lowest BCUT2D eigenvalue weighted by Gasteiger charge is -2.09. The Morgan fingerprint density at radius 2 is 0.653 bits per heavy atom. The summed E-state index contributed by atoms with van der Waals surface area (Å²) >= 11 is 18.6. The molecule has 0 aliphatic heterocycles. The summed E-state index contributed by atoms with van der Waals surface area (Å²) in [7, 11) is 0. The van der Waals surface area contributed by atoms with E-state index in [4.69, 9.17) is 54.7 Å². The van der Waals surface area contributed by atoms with Crippen molar-refractivity contribution >= 4 is 164 Å². The molecule has 0 spiro atoms. The van der Waals surface area contributed by atoms with Gasteiger partial charge in [-0.05, 0) is 125 Å². The largest absolute Gasteiger partial charge is 0.335 e. The molecule has 0 fully saturated rings. The van der Waals surface area contributed by atoms with Crippen molar-refractivity contribution in [3.05, 3.63) is 296 Å². The number of fused-ring (bicyclic) bond motifs is 8. The average Bonchev–Trinajstić information content (AvgIpc) is 1.63. The van der Waals surface area contributed by atoms with Gasteiger partial charge in [0.2, 0.25) is 17.7 Å². The van der Waals surface area contributed by atoms with Gasteiger partial charge in [0, 0.05) is 193 Å². The second-order valence-corrected chi connectivity index (χ2v) is 36.5. The fourth-order valence-electron chi connectivity index (χ4n) is 16.8. The number of amides is 3. The lowest BCUT2D eigenvalue weighted by Crippen LogP contribution is -2.17. The average molecular weight is 2000 g/mol. The number of aromatic amines is 8. The molecular formula is C108H83Cl3FN31O4. The van der Waals surface area contributed by atoms with E-state index in [1.807, 2.05) is 168 Å². The first-order valence-corrected chi connectivity index (χ1v) is 47.7. The zero-order chi connectivity index (χ0) is 101. The number of nitrogens with zero attached hydrogens (tertiary/aromatic N) is 20. The van der Waals surface area contributed by atoms with E-state index in [0.717, 1.165) is 149 Å². The Morgan fingerprint density at radius 3 is 0.980 bits per heavy atom. The molecule has 11 N–H and O–H groups in total. The van der Waals surface area contributed by atoms with Gasteiger partial charge in [0.25, 0.3) is 0 Å². The van der Waals surface area contributed by atoms with E-state index < -0.39 is 0 Å². The highest BCUT2D eigenvalue weighted by Gasteiger charge is 2.25. The molecule has 0 aliphatic carbocycles. The molecule has 39 heteroatoms. The summed E-state index contributed by atoms with van der Waals surface area (Å²) in [4.78, 5) is 133. The summed E-state index contributed by atoms with van der Waals surface area (Å²) in [6.07, 6.45) is 34.4. The molecule has 0 radical (unpaired) electrons. The third kappa shape index (κ3) is 20.4. The lowest BCUT2D eigenvalue weighted by molar-refractivity contribution is -0.119. The van der Waals surface area contributed by atoms with Gasteiger partial charge in [-0.3, -0.25) is 79.4 Å². The molecule has 722 valence electrons. The van der Waals surface area contributed by atoms with Gasteiger partial charge < -0.3 is 35.9 Å². The minimum atomic E-state index is -0.327. The number of anilines is 3.